The largest absolute Gasteiger partial charge is 0.352 e. The minimum absolute atomic E-state index is 0.144. The molecule has 0 N–H and O–H groups in total. The first-order valence-electron chi connectivity index (χ1n) is 15.8. The molecule has 0 bridgehead atoms. The van der Waals surface area contributed by atoms with Crippen LogP contribution in [0, 0.1) is 17.5 Å². The summed E-state index contributed by atoms with van der Waals surface area (Å²) in [6.45, 7) is 5.20. The van der Waals surface area contributed by atoms with E-state index in [4.69, 9.17) is 9.47 Å². The summed E-state index contributed by atoms with van der Waals surface area (Å²) < 4.78 is 56.7. The van der Waals surface area contributed by atoms with Crippen molar-refractivity contribution in [1.82, 2.24) is 0 Å². The van der Waals surface area contributed by atoms with Crippen molar-refractivity contribution in [1.29, 1.82) is 0 Å². The summed E-state index contributed by atoms with van der Waals surface area (Å²) in [5.74, 6) is -2.10. The molecule has 0 saturated carbocycles. The maximum Gasteiger partial charge on any atom is 0.166 e. The number of allylic oxidation sites excluding steroid dienone is 2. The third-order valence-electron chi connectivity index (χ3n) is 8.10. The normalized spacial score (nSPS) is 17.3. The van der Waals surface area contributed by atoms with Crippen LogP contribution in [0.5, 0.6) is 0 Å². The summed E-state index contributed by atoms with van der Waals surface area (Å²) in [5.41, 5.74) is 3.24. The lowest BCUT2D eigenvalue weighted by atomic mass is 9.94. The highest BCUT2D eigenvalue weighted by atomic mass is 19.2. The van der Waals surface area contributed by atoms with Crippen molar-refractivity contribution < 1.29 is 22.6 Å². The molecule has 0 spiro atoms. The van der Waals surface area contributed by atoms with Crippen LogP contribution in [0.3, 0.4) is 0 Å². The van der Waals surface area contributed by atoms with E-state index < -0.39 is 11.6 Å². The number of halogens is 3. The van der Waals surface area contributed by atoms with E-state index in [1.54, 1.807) is 30.3 Å². The zero-order valence-electron chi connectivity index (χ0n) is 25.1. The monoisotopic (exact) mass is 578 g/mol. The van der Waals surface area contributed by atoms with Crippen molar-refractivity contribution in [3.63, 3.8) is 0 Å². The van der Waals surface area contributed by atoms with Gasteiger partial charge in [0.05, 0.1) is 13.2 Å². The van der Waals surface area contributed by atoms with Crippen LogP contribution in [0.15, 0.2) is 66.7 Å². The Balaban J connectivity index is 1.32. The van der Waals surface area contributed by atoms with Crippen LogP contribution in [0.2, 0.25) is 0 Å². The molecule has 226 valence electrons. The molecule has 2 nitrogen and oxygen atoms in total. The summed E-state index contributed by atoms with van der Waals surface area (Å²) in [4.78, 5) is 0. The van der Waals surface area contributed by atoms with Crippen LogP contribution in [0.4, 0.5) is 13.2 Å². The fourth-order valence-electron chi connectivity index (χ4n) is 5.50. The molecule has 4 rings (SSSR count). The summed E-state index contributed by atoms with van der Waals surface area (Å²) in [6.07, 6.45) is 15.6. The Morgan fingerprint density at radius 3 is 2.05 bits per heavy atom. The van der Waals surface area contributed by atoms with Gasteiger partial charge in [0, 0.05) is 11.5 Å². The van der Waals surface area contributed by atoms with Gasteiger partial charge in [-0.05, 0) is 59.6 Å². The number of hydrogen-bond donors (Lipinski definition) is 0. The van der Waals surface area contributed by atoms with Crippen molar-refractivity contribution in [2.45, 2.75) is 96.7 Å². The van der Waals surface area contributed by atoms with Crippen LogP contribution < -0.4 is 0 Å². The second kappa shape index (κ2) is 16.7. The van der Waals surface area contributed by atoms with Gasteiger partial charge in [0.2, 0.25) is 0 Å². The zero-order valence-corrected chi connectivity index (χ0v) is 25.1. The summed E-state index contributed by atoms with van der Waals surface area (Å²) in [5, 5.41) is 0. The lowest BCUT2D eigenvalue weighted by molar-refractivity contribution is -0.190. The van der Waals surface area contributed by atoms with E-state index in [-0.39, 0.29) is 23.6 Å². The van der Waals surface area contributed by atoms with Gasteiger partial charge < -0.3 is 9.47 Å². The van der Waals surface area contributed by atoms with Gasteiger partial charge in [-0.15, -0.1) is 0 Å². The van der Waals surface area contributed by atoms with E-state index in [0.717, 1.165) is 36.8 Å². The van der Waals surface area contributed by atoms with Crippen LogP contribution in [-0.4, -0.2) is 19.5 Å². The Labute approximate surface area is 250 Å². The molecular formula is C37H45F3O2. The number of unbranched alkanes of at least 4 members (excludes halogenated alkanes) is 7. The first-order chi connectivity index (χ1) is 20.5. The second-order valence-corrected chi connectivity index (χ2v) is 11.4. The molecule has 0 aromatic heterocycles. The van der Waals surface area contributed by atoms with E-state index in [1.165, 1.54) is 44.6 Å². The molecule has 42 heavy (non-hydrogen) atoms. The zero-order chi connectivity index (χ0) is 29.7. The van der Waals surface area contributed by atoms with Gasteiger partial charge in [-0.3, -0.25) is 0 Å². The highest BCUT2D eigenvalue weighted by molar-refractivity contribution is 5.71. The molecule has 0 radical (unpaired) electrons. The highest BCUT2D eigenvalue weighted by Crippen LogP contribution is 2.32. The minimum atomic E-state index is -0.846. The molecule has 3 aromatic carbocycles. The van der Waals surface area contributed by atoms with E-state index in [1.807, 2.05) is 30.4 Å². The SMILES string of the molecule is CCC/C=C\Cc1ccc(-c2ccc(-c3ccc(C4COC(CCCCCCCCC)OC4)c(F)c3)cc2)c(F)c1F. The van der Waals surface area contributed by atoms with Crippen molar-refractivity contribution in [2.24, 2.45) is 0 Å². The molecule has 1 heterocycles. The quantitative estimate of drug-likeness (QED) is 0.132. The van der Waals surface area contributed by atoms with Crippen molar-refractivity contribution in [3.8, 4) is 22.3 Å². The van der Waals surface area contributed by atoms with Crippen molar-refractivity contribution >= 4 is 0 Å². The first-order valence-corrected chi connectivity index (χ1v) is 15.8. The predicted molar refractivity (Wildman–Crippen MR) is 166 cm³/mol. The fraction of sp³-hybridized carbons (Fsp3) is 0.459. The number of rotatable bonds is 15. The van der Waals surface area contributed by atoms with Crippen LogP contribution in [0.1, 0.15) is 95.1 Å². The standard InChI is InChI=1S/C37H45F3O2/c1-3-5-7-9-10-11-13-15-35-41-25-31(26-42-35)32-22-21-30(24-34(32)38)27-16-18-28(19-17-27)33-23-20-29(36(39)37(33)40)14-12-8-6-4-2/h8,12,16-24,31,35H,3-7,9-11,13-15,25-26H2,1-2H3/b12-8-. The minimum Gasteiger partial charge on any atom is -0.352 e. The number of ether oxygens (including phenoxy) is 2. The number of benzene rings is 3. The van der Waals surface area contributed by atoms with Gasteiger partial charge in [0.15, 0.2) is 17.9 Å². The lowest BCUT2D eigenvalue weighted by Crippen LogP contribution is -2.31. The molecule has 1 saturated heterocycles. The van der Waals surface area contributed by atoms with Crippen LogP contribution in [0.25, 0.3) is 22.3 Å². The van der Waals surface area contributed by atoms with Gasteiger partial charge in [-0.2, -0.15) is 0 Å². The smallest absolute Gasteiger partial charge is 0.166 e. The Hall–Kier alpha value is -2.89. The van der Waals surface area contributed by atoms with Crippen LogP contribution >= 0.6 is 0 Å². The molecule has 3 aromatic rings. The molecule has 1 aliphatic rings. The van der Waals surface area contributed by atoms with Gasteiger partial charge in [-0.1, -0.05) is 119 Å². The first kappa shape index (κ1) is 32.0. The summed E-state index contributed by atoms with van der Waals surface area (Å²) in [7, 11) is 0. The maximum atomic E-state index is 15.2. The summed E-state index contributed by atoms with van der Waals surface area (Å²) in [6, 6.07) is 15.6. The van der Waals surface area contributed by atoms with Gasteiger partial charge in [0.25, 0.3) is 0 Å². The molecule has 0 atom stereocenters. The summed E-state index contributed by atoms with van der Waals surface area (Å²) >= 11 is 0. The number of hydrogen-bond acceptors (Lipinski definition) is 2. The molecular weight excluding hydrogens is 533 g/mol. The maximum absolute atomic E-state index is 15.2. The van der Waals surface area contributed by atoms with E-state index in [2.05, 4.69) is 13.8 Å². The Morgan fingerprint density at radius 1 is 0.690 bits per heavy atom. The topological polar surface area (TPSA) is 18.5 Å². The average molecular weight is 579 g/mol. The molecule has 1 aliphatic heterocycles. The van der Waals surface area contributed by atoms with E-state index in [9.17, 15) is 8.78 Å². The Bertz CT molecular complexity index is 1280. The van der Waals surface area contributed by atoms with Crippen molar-refractivity contribution in [2.75, 3.05) is 13.2 Å². The second-order valence-electron chi connectivity index (χ2n) is 11.4. The van der Waals surface area contributed by atoms with Crippen molar-refractivity contribution in [3.05, 3.63) is 95.3 Å². The fourth-order valence-corrected chi connectivity index (χ4v) is 5.50. The lowest BCUT2D eigenvalue weighted by Gasteiger charge is -2.30. The van der Waals surface area contributed by atoms with E-state index >= 15 is 4.39 Å². The molecule has 1 fully saturated rings. The predicted octanol–water partition coefficient (Wildman–Crippen LogP) is 10.9. The average Bonchev–Trinajstić information content (AvgIpc) is 3.01. The van der Waals surface area contributed by atoms with Gasteiger partial charge in [-0.25, -0.2) is 13.2 Å². The highest BCUT2D eigenvalue weighted by Gasteiger charge is 2.25. The molecule has 0 amide bonds. The Morgan fingerprint density at radius 2 is 1.36 bits per heavy atom. The van der Waals surface area contributed by atoms with E-state index in [0.29, 0.717) is 36.3 Å². The third-order valence-corrected chi connectivity index (χ3v) is 8.10. The Kier molecular flexibility index (Phi) is 12.7. The molecule has 0 aliphatic carbocycles. The van der Waals surface area contributed by atoms with Crippen LogP contribution in [-0.2, 0) is 15.9 Å². The van der Waals surface area contributed by atoms with Gasteiger partial charge >= 0.3 is 0 Å². The molecule has 0 unspecified atom stereocenters. The third kappa shape index (κ3) is 8.81. The van der Waals surface area contributed by atoms with Gasteiger partial charge in [0.1, 0.15) is 5.82 Å². The molecule has 5 heteroatoms.